The van der Waals surface area contributed by atoms with E-state index in [1.54, 1.807) is 5.57 Å². The Bertz CT molecular complexity index is 969. The quantitative estimate of drug-likeness (QED) is 0.335. The van der Waals surface area contributed by atoms with Gasteiger partial charge in [0.1, 0.15) is 17.5 Å². The molecular formula is C30H46O4. The largest absolute Gasteiger partial charge is 0.389 e. The number of aliphatic hydroxyl groups excluding tert-OH is 1. The molecule has 6 rings (SSSR count). The van der Waals surface area contributed by atoms with Gasteiger partial charge in [-0.15, -0.1) is 0 Å². The smallest absolute Gasteiger partial charge is 0.144 e. The molecule has 34 heavy (non-hydrogen) atoms. The van der Waals surface area contributed by atoms with Crippen LogP contribution in [0.2, 0.25) is 0 Å². The Morgan fingerprint density at radius 1 is 0.971 bits per heavy atom. The van der Waals surface area contributed by atoms with E-state index in [-0.39, 0.29) is 28.6 Å². The third-order valence-electron chi connectivity index (χ3n) is 13.7. The fourth-order valence-electron chi connectivity index (χ4n) is 11.0. The normalized spacial score (nSPS) is 59.9. The Hall–Kier alpha value is -0.710. The molecule has 5 fully saturated rings. The topological polar surface area (TPSA) is 55.8 Å². The van der Waals surface area contributed by atoms with Gasteiger partial charge < -0.3 is 5.11 Å². The second kappa shape index (κ2) is 6.58. The lowest BCUT2D eigenvalue weighted by molar-refractivity contribution is -0.348. The van der Waals surface area contributed by atoms with Gasteiger partial charge in [0.25, 0.3) is 0 Å². The van der Waals surface area contributed by atoms with Gasteiger partial charge in [0.2, 0.25) is 0 Å². The minimum absolute atomic E-state index is 0.00283. The molecule has 1 heterocycles. The van der Waals surface area contributed by atoms with E-state index in [1.165, 1.54) is 25.7 Å². The van der Waals surface area contributed by atoms with Crippen LogP contribution in [-0.4, -0.2) is 28.7 Å². The number of hydrogen-bond donors (Lipinski definition) is 1. The maximum absolute atomic E-state index is 13.2. The van der Waals surface area contributed by atoms with Crippen molar-refractivity contribution in [1.82, 2.24) is 0 Å². The Balaban J connectivity index is 1.53. The van der Waals surface area contributed by atoms with Gasteiger partial charge in [0.15, 0.2) is 0 Å². The first-order chi connectivity index (χ1) is 15.7. The highest BCUT2D eigenvalue weighted by Crippen LogP contribution is 2.78. The highest BCUT2D eigenvalue weighted by Gasteiger charge is 2.81. The average molecular weight is 471 g/mol. The molecule has 1 N–H and O–H groups in total. The van der Waals surface area contributed by atoms with Gasteiger partial charge in [-0.25, -0.2) is 9.78 Å². The van der Waals surface area contributed by atoms with Crippen molar-refractivity contribution in [1.29, 1.82) is 0 Å². The molecule has 1 aliphatic heterocycles. The van der Waals surface area contributed by atoms with Crippen LogP contribution < -0.4 is 0 Å². The molecule has 4 heteroatoms. The van der Waals surface area contributed by atoms with Crippen LogP contribution in [0, 0.1) is 50.7 Å². The van der Waals surface area contributed by atoms with Crippen LogP contribution in [-0.2, 0) is 14.6 Å². The summed E-state index contributed by atoms with van der Waals surface area (Å²) in [7, 11) is 0. The predicted molar refractivity (Wildman–Crippen MR) is 132 cm³/mol. The van der Waals surface area contributed by atoms with E-state index in [9.17, 15) is 9.90 Å². The zero-order chi connectivity index (χ0) is 24.7. The molecule has 2 bridgehead atoms. The van der Waals surface area contributed by atoms with E-state index >= 15 is 0 Å². The molecule has 0 aromatic rings. The molecular weight excluding hydrogens is 424 g/mol. The fraction of sp³-hybridized carbons (Fsp3) is 0.900. The molecule has 4 saturated carbocycles. The van der Waals surface area contributed by atoms with E-state index in [4.69, 9.17) is 9.78 Å². The standard InChI is InChI=1S/C30H46O4/c1-17-9-10-26(5)11-12-27(6)19(23(26)18(17)2)15-20(31)24-28(27,7)13-14-30-25(3,4)21(32)16-22(33-34-30)29(24,30)8/h15,17-18,20,22-24,31H,9-14,16H2,1-8H3/t17-,18+,20-,22+,23-,24?,26-,27-,28-,29-,30-/m1/s1. The van der Waals surface area contributed by atoms with Crippen molar-refractivity contribution in [3.63, 3.8) is 0 Å². The molecule has 5 aliphatic carbocycles. The van der Waals surface area contributed by atoms with Gasteiger partial charge in [-0.3, -0.25) is 4.79 Å². The van der Waals surface area contributed by atoms with Crippen molar-refractivity contribution in [3.05, 3.63) is 11.6 Å². The van der Waals surface area contributed by atoms with Gasteiger partial charge in [-0.1, -0.05) is 53.2 Å². The minimum atomic E-state index is -0.678. The Kier molecular flexibility index (Phi) is 4.58. The maximum Gasteiger partial charge on any atom is 0.144 e. The predicted octanol–water partition coefficient (Wildman–Crippen LogP) is 6.27. The molecule has 0 amide bonds. The highest BCUT2D eigenvalue weighted by molar-refractivity contribution is 5.88. The van der Waals surface area contributed by atoms with Crippen molar-refractivity contribution in [2.75, 3.05) is 0 Å². The van der Waals surface area contributed by atoms with E-state index < -0.39 is 22.5 Å². The summed E-state index contributed by atoms with van der Waals surface area (Å²) in [6, 6.07) is 0. The highest BCUT2D eigenvalue weighted by atomic mass is 17.2. The molecule has 0 aromatic carbocycles. The lowest BCUT2D eigenvalue weighted by Crippen LogP contribution is -2.75. The average Bonchev–Trinajstić information content (AvgIpc) is 3.00. The van der Waals surface area contributed by atoms with Gasteiger partial charge in [-0.2, -0.15) is 0 Å². The molecule has 11 atom stereocenters. The molecule has 0 radical (unpaired) electrons. The van der Waals surface area contributed by atoms with Gasteiger partial charge in [0.05, 0.1) is 11.5 Å². The number of carbonyl (C=O) groups is 1. The van der Waals surface area contributed by atoms with Crippen LogP contribution in [0.4, 0.5) is 0 Å². The summed E-state index contributed by atoms with van der Waals surface area (Å²) in [6.45, 7) is 18.8. The number of Topliss-reactive ketones (excluding diaryl/α,β-unsaturated/α-hetero) is 1. The van der Waals surface area contributed by atoms with Gasteiger partial charge >= 0.3 is 0 Å². The Morgan fingerprint density at radius 2 is 1.68 bits per heavy atom. The van der Waals surface area contributed by atoms with E-state index in [0.717, 1.165) is 18.8 Å². The fourth-order valence-corrected chi connectivity index (χ4v) is 11.0. The first-order valence-corrected chi connectivity index (χ1v) is 14.0. The third-order valence-corrected chi connectivity index (χ3v) is 13.7. The lowest BCUT2D eigenvalue weighted by Gasteiger charge is -2.72. The Morgan fingerprint density at radius 3 is 2.38 bits per heavy atom. The summed E-state index contributed by atoms with van der Waals surface area (Å²) < 4.78 is 0. The summed E-state index contributed by atoms with van der Waals surface area (Å²) in [5.74, 6) is 2.14. The lowest BCUT2D eigenvalue weighted by atomic mass is 9.32. The number of hydrogen-bond acceptors (Lipinski definition) is 4. The number of allylic oxidation sites excluding steroid dienone is 1. The molecule has 0 aromatic heterocycles. The van der Waals surface area contributed by atoms with Crippen molar-refractivity contribution >= 4 is 5.78 Å². The van der Waals surface area contributed by atoms with E-state index in [0.29, 0.717) is 23.7 Å². The number of aliphatic hydroxyl groups is 1. The Labute approximate surface area is 206 Å². The number of carbonyl (C=O) groups excluding carboxylic acids is 1. The molecule has 0 spiro atoms. The van der Waals surface area contributed by atoms with E-state index in [1.807, 2.05) is 0 Å². The summed E-state index contributed by atoms with van der Waals surface area (Å²) in [6.07, 6.45) is 8.70. The zero-order valence-electron chi connectivity index (χ0n) is 22.7. The summed E-state index contributed by atoms with van der Waals surface area (Å²) in [5.41, 5.74) is 0.150. The third kappa shape index (κ3) is 2.28. The molecule has 1 saturated heterocycles. The van der Waals surface area contributed by atoms with Crippen molar-refractivity contribution in [3.8, 4) is 0 Å². The molecule has 4 nitrogen and oxygen atoms in total. The molecule has 6 aliphatic rings. The number of ketones is 1. The van der Waals surface area contributed by atoms with Crippen LogP contribution in [0.1, 0.15) is 100 Å². The van der Waals surface area contributed by atoms with Gasteiger partial charge in [0, 0.05) is 17.8 Å². The van der Waals surface area contributed by atoms with Crippen LogP contribution >= 0.6 is 0 Å². The summed E-state index contributed by atoms with van der Waals surface area (Å²) in [4.78, 5) is 25.5. The second-order valence-corrected chi connectivity index (χ2v) is 14.9. The first kappa shape index (κ1) is 23.7. The van der Waals surface area contributed by atoms with Crippen molar-refractivity contribution in [2.45, 2.75) is 118 Å². The maximum atomic E-state index is 13.2. The number of fused-ring (bicyclic) bond motifs is 5. The number of rotatable bonds is 0. The van der Waals surface area contributed by atoms with Crippen molar-refractivity contribution in [2.24, 2.45) is 50.7 Å². The summed E-state index contributed by atoms with van der Waals surface area (Å²) >= 11 is 0. The summed E-state index contributed by atoms with van der Waals surface area (Å²) in [5, 5.41) is 12.1. The van der Waals surface area contributed by atoms with Crippen LogP contribution in [0.25, 0.3) is 0 Å². The molecule has 1 unspecified atom stereocenters. The second-order valence-electron chi connectivity index (χ2n) is 14.9. The van der Waals surface area contributed by atoms with Crippen LogP contribution in [0.5, 0.6) is 0 Å². The zero-order valence-corrected chi connectivity index (χ0v) is 22.7. The SMILES string of the molecule is C[C@H]1[C@H](C)CC[C@]2(C)CC[C@]3(C)C(=C[C@@H](O)C4[C@@]5(C)[C@@H]6CC(=O)C(C)(C)[C@@]5(CC[C@]43C)OO6)[C@@H]12. The monoisotopic (exact) mass is 470 g/mol. The minimum Gasteiger partial charge on any atom is -0.389 e. The molecule has 190 valence electrons. The van der Waals surface area contributed by atoms with Gasteiger partial charge in [-0.05, 0) is 86.4 Å². The van der Waals surface area contributed by atoms with Crippen LogP contribution in [0.3, 0.4) is 0 Å². The van der Waals surface area contributed by atoms with Crippen LogP contribution in [0.15, 0.2) is 11.6 Å². The van der Waals surface area contributed by atoms with Crippen molar-refractivity contribution < 1.29 is 19.7 Å². The van der Waals surface area contributed by atoms with E-state index in [2.05, 4.69) is 61.5 Å². The first-order valence-electron chi connectivity index (χ1n) is 14.0.